The van der Waals surface area contributed by atoms with Crippen molar-refractivity contribution in [2.24, 2.45) is 0 Å². The topological polar surface area (TPSA) is 54.5 Å². The predicted octanol–water partition coefficient (Wildman–Crippen LogP) is 0.524. The lowest BCUT2D eigenvalue weighted by atomic mass is 10.2. The van der Waals surface area contributed by atoms with Crippen LogP contribution in [-0.4, -0.2) is 48.6 Å². The smallest absolute Gasteiger partial charge is 0.272 e. The normalized spacial score (nSPS) is 20.1. The molecule has 1 atom stereocenters. The van der Waals surface area contributed by atoms with Gasteiger partial charge in [0.2, 0.25) is 5.88 Å². The molecule has 1 saturated heterocycles. The summed E-state index contributed by atoms with van der Waals surface area (Å²) in [5.41, 5.74) is 0.443. The van der Waals surface area contributed by atoms with Crippen LogP contribution in [0.1, 0.15) is 17.4 Å². The Hall–Kier alpha value is -1.62. The molecule has 0 bridgehead atoms. The van der Waals surface area contributed by atoms with Gasteiger partial charge in [0, 0.05) is 31.7 Å². The monoisotopic (exact) mass is 235 g/mol. The first kappa shape index (κ1) is 11.9. The zero-order chi connectivity index (χ0) is 12.3. The minimum atomic E-state index is -0.0303. The van der Waals surface area contributed by atoms with Crippen LogP contribution in [-0.2, 0) is 0 Å². The van der Waals surface area contributed by atoms with Gasteiger partial charge in [-0.1, -0.05) is 6.07 Å². The first-order chi connectivity index (χ1) is 8.20. The molecule has 92 valence electrons. The molecule has 0 spiro atoms. The summed E-state index contributed by atoms with van der Waals surface area (Å²) in [5.74, 6) is 0.441. The summed E-state index contributed by atoms with van der Waals surface area (Å²) in [6.45, 7) is 4.34. The number of aromatic nitrogens is 1. The van der Waals surface area contributed by atoms with E-state index in [9.17, 15) is 4.79 Å². The van der Waals surface area contributed by atoms with E-state index in [0.29, 0.717) is 17.6 Å². The summed E-state index contributed by atoms with van der Waals surface area (Å²) in [6.07, 6.45) is 0. The van der Waals surface area contributed by atoms with Crippen molar-refractivity contribution < 1.29 is 9.53 Å². The van der Waals surface area contributed by atoms with Gasteiger partial charge < -0.3 is 15.0 Å². The van der Waals surface area contributed by atoms with Gasteiger partial charge in [-0.25, -0.2) is 4.98 Å². The van der Waals surface area contributed by atoms with E-state index in [1.807, 2.05) is 4.90 Å². The Bertz CT molecular complexity index is 408. The maximum Gasteiger partial charge on any atom is 0.272 e. The number of rotatable bonds is 2. The number of hydrogen-bond donors (Lipinski definition) is 1. The van der Waals surface area contributed by atoms with E-state index >= 15 is 0 Å². The van der Waals surface area contributed by atoms with Crippen molar-refractivity contribution in [2.45, 2.75) is 13.0 Å². The molecule has 5 heteroatoms. The Labute approximate surface area is 101 Å². The van der Waals surface area contributed by atoms with Gasteiger partial charge in [-0.2, -0.15) is 0 Å². The number of methoxy groups -OCH3 is 1. The van der Waals surface area contributed by atoms with E-state index < -0.39 is 0 Å². The largest absolute Gasteiger partial charge is 0.481 e. The summed E-state index contributed by atoms with van der Waals surface area (Å²) in [7, 11) is 1.55. The number of carbonyl (C=O) groups excluding carboxylic acids is 1. The summed E-state index contributed by atoms with van der Waals surface area (Å²) >= 11 is 0. The third-order valence-corrected chi connectivity index (χ3v) is 2.81. The third-order valence-electron chi connectivity index (χ3n) is 2.81. The Morgan fingerprint density at radius 3 is 3.12 bits per heavy atom. The Kier molecular flexibility index (Phi) is 3.58. The average molecular weight is 235 g/mol. The molecule has 2 rings (SSSR count). The van der Waals surface area contributed by atoms with E-state index in [1.165, 1.54) is 0 Å². The van der Waals surface area contributed by atoms with Crippen molar-refractivity contribution in [3.05, 3.63) is 23.9 Å². The number of pyridine rings is 1. The number of nitrogens with zero attached hydrogens (tertiary/aromatic N) is 2. The van der Waals surface area contributed by atoms with E-state index in [1.54, 1.807) is 25.3 Å². The molecule has 0 radical (unpaired) electrons. The van der Waals surface area contributed by atoms with Gasteiger partial charge in [0.15, 0.2) is 0 Å². The van der Waals surface area contributed by atoms with Crippen molar-refractivity contribution in [1.29, 1.82) is 0 Å². The second-order valence-corrected chi connectivity index (χ2v) is 4.17. The predicted molar refractivity (Wildman–Crippen MR) is 64.2 cm³/mol. The number of nitrogens with one attached hydrogen (secondary N) is 1. The molecule has 1 aromatic rings. The molecule has 5 nitrogen and oxygen atoms in total. The summed E-state index contributed by atoms with van der Waals surface area (Å²) in [4.78, 5) is 18.2. The van der Waals surface area contributed by atoms with Crippen LogP contribution in [0, 0.1) is 0 Å². The molecular weight excluding hydrogens is 218 g/mol. The fraction of sp³-hybridized carbons (Fsp3) is 0.500. The van der Waals surface area contributed by atoms with Crippen molar-refractivity contribution in [2.75, 3.05) is 26.7 Å². The molecule has 1 amide bonds. The second-order valence-electron chi connectivity index (χ2n) is 4.17. The average Bonchev–Trinajstić information content (AvgIpc) is 2.38. The van der Waals surface area contributed by atoms with Crippen LogP contribution in [0.4, 0.5) is 0 Å². The van der Waals surface area contributed by atoms with Crippen molar-refractivity contribution in [3.63, 3.8) is 0 Å². The minimum Gasteiger partial charge on any atom is -0.481 e. The first-order valence-corrected chi connectivity index (χ1v) is 5.74. The summed E-state index contributed by atoms with van der Waals surface area (Å²) in [6, 6.07) is 5.57. The van der Waals surface area contributed by atoms with Crippen LogP contribution in [0.15, 0.2) is 18.2 Å². The maximum atomic E-state index is 12.2. The number of hydrogen-bond acceptors (Lipinski definition) is 4. The first-order valence-electron chi connectivity index (χ1n) is 5.74. The molecule has 1 aliphatic rings. The lowest BCUT2D eigenvalue weighted by molar-refractivity contribution is 0.0702. The highest BCUT2D eigenvalue weighted by molar-refractivity contribution is 5.92. The Morgan fingerprint density at radius 2 is 2.41 bits per heavy atom. The van der Waals surface area contributed by atoms with Gasteiger partial charge in [0.05, 0.1) is 7.11 Å². The molecule has 1 aromatic heterocycles. The van der Waals surface area contributed by atoms with Gasteiger partial charge in [0.1, 0.15) is 5.69 Å². The van der Waals surface area contributed by atoms with E-state index in [4.69, 9.17) is 4.74 Å². The lowest BCUT2D eigenvalue weighted by Crippen LogP contribution is -2.51. The summed E-state index contributed by atoms with van der Waals surface area (Å²) in [5, 5.41) is 3.30. The van der Waals surface area contributed by atoms with Gasteiger partial charge in [-0.05, 0) is 13.0 Å². The van der Waals surface area contributed by atoms with Crippen LogP contribution in [0.3, 0.4) is 0 Å². The van der Waals surface area contributed by atoms with Crippen molar-refractivity contribution in [1.82, 2.24) is 15.2 Å². The Balaban J connectivity index is 2.12. The maximum absolute atomic E-state index is 12.2. The van der Waals surface area contributed by atoms with Gasteiger partial charge >= 0.3 is 0 Å². The summed E-state index contributed by atoms with van der Waals surface area (Å²) < 4.78 is 5.02. The van der Waals surface area contributed by atoms with E-state index in [2.05, 4.69) is 17.2 Å². The lowest BCUT2D eigenvalue weighted by Gasteiger charge is -2.31. The molecule has 0 saturated carbocycles. The standard InChI is InChI=1S/C12H17N3O2/c1-9-8-15(7-6-13-9)12(16)10-4-3-5-11(14-10)17-2/h3-5,9,13H,6-8H2,1-2H3/t9-/m1/s1. The second kappa shape index (κ2) is 5.14. The quantitative estimate of drug-likeness (QED) is 0.812. The van der Waals surface area contributed by atoms with E-state index in [-0.39, 0.29) is 5.91 Å². The van der Waals surface area contributed by atoms with Gasteiger partial charge in [-0.3, -0.25) is 4.79 Å². The molecule has 1 aliphatic heterocycles. The third kappa shape index (κ3) is 2.74. The highest BCUT2D eigenvalue weighted by Gasteiger charge is 2.22. The molecule has 17 heavy (non-hydrogen) atoms. The molecule has 0 aliphatic carbocycles. The number of ether oxygens (including phenoxy) is 1. The fourth-order valence-corrected chi connectivity index (χ4v) is 1.93. The number of amides is 1. The molecule has 2 heterocycles. The zero-order valence-corrected chi connectivity index (χ0v) is 10.1. The van der Waals surface area contributed by atoms with Crippen LogP contribution < -0.4 is 10.1 Å². The Morgan fingerprint density at radius 1 is 1.59 bits per heavy atom. The van der Waals surface area contributed by atoms with Crippen molar-refractivity contribution >= 4 is 5.91 Å². The highest BCUT2D eigenvalue weighted by Crippen LogP contribution is 2.10. The number of carbonyl (C=O) groups is 1. The van der Waals surface area contributed by atoms with Crippen molar-refractivity contribution in [3.8, 4) is 5.88 Å². The van der Waals surface area contributed by atoms with Crippen LogP contribution in [0.2, 0.25) is 0 Å². The minimum absolute atomic E-state index is 0.0303. The molecular formula is C12H17N3O2. The van der Waals surface area contributed by atoms with E-state index in [0.717, 1.165) is 19.6 Å². The molecule has 1 fully saturated rings. The SMILES string of the molecule is COc1cccc(C(=O)N2CCN[C@H](C)C2)n1. The highest BCUT2D eigenvalue weighted by atomic mass is 16.5. The molecule has 0 aromatic carbocycles. The van der Waals surface area contributed by atoms with Crippen LogP contribution >= 0.6 is 0 Å². The van der Waals surface area contributed by atoms with Crippen LogP contribution in [0.5, 0.6) is 5.88 Å². The molecule has 0 unspecified atom stereocenters. The van der Waals surface area contributed by atoms with Gasteiger partial charge in [-0.15, -0.1) is 0 Å². The number of piperazine rings is 1. The molecule has 1 N–H and O–H groups in total. The van der Waals surface area contributed by atoms with Crippen LogP contribution in [0.25, 0.3) is 0 Å². The zero-order valence-electron chi connectivity index (χ0n) is 10.1. The van der Waals surface area contributed by atoms with Gasteiger partial charge in [0.25, 0.3) is 5.91 Å². The fourth-order valence-electron chi connectivity index (χ4n) is 1.93.